The van der Waals surface area contributed by atoms with Gasteiger partial charge >= 0.3 is 0 Å². The topological polar surface area (TPSA) is 75.7 Å². The quantitative estimate of drug-likeness (QED) is 0.772. The van der Waals surface area contributed by atoms with Crippen molar-refractivity contribution in [1.82, 2.24) is 4.90 Å². The number of anilines is 1. The molecule has 0 aliphatic carbocycles. The normalized spacial score (nSPS) is 14.3. The monoisotopic (exact) mass is 400 g/mol. The average Bonchev–Trinajstić information content (AvgIpc) is 2.90. The third-order valence-electron chi connectivity index (χ3n) is 4.74. The van der Waals surface area contributed by atoms with E-state index < -0.39 is 23.8 Å². The summed E-state index contributed by atoms with van der Waals surface area (Å²) in [6.45, 7) is 5.39. The first kappa shape index (κ1) is 19.9. The number of ether oxygens (including phenoxy) is 1. The molecule has 0 saturated carbocycles. The largest absolute Gasteiger partial charge is 0.495 e. The van der Waals surface area contributed by atoms with E-state index in [0.717, 1.165) is 10.5 Å². The zero-order valence-electron chi connectivity index (χ0n) is 16.1. The number of halogens is 1. The van der Waals surface area contributed by atoms with Gasteiger partial charge in [-0.1, -0.05) is 37.6 Å². The lowest BCUT2D eigenvalue weighted by Gasteiger charge is -2.28. The number of aryl methyl sites for hydroxylation is 1. The van der Waals surface area contributed by atoms with Crippen molar-refractivity contribution in [2.75, 3.05) is 12.4 Å². The molecule has 1 N–H and O–H groups in total. The maximum Gasteiger partial charge on any atom is 0.262 e. The van der Waals surface area contributed by atoms with E-state index in [9.17, 15) is 14.4 Å². The second-order valence-electron chi connectivity index (χ2n) is 7.01. The van der Waals surface area contributed by atoms with E-state index in [1.807, 2.05) is 6.92 Å². The van der Waals surface area contributed by atoms with Crippen LogP contribution >= 0.6 is 11.6 Å². The lowest BCUT2D eigenvalue weighted by molar-refractivity contribution is -0.121. The molecule has 6 nitrogen and oxygen atoms in total. The van der Waals surface area contributed by atoms with Crippen molar-refractivity contribution < 1.29 is 19.1 Å². The molecular formula is C21H21ClN2O4. The van der Waals surface area contributed by atoms with Crippen molar-refractivity contribution in [2.45, 2.75) is 26.8 Å². The second kappa shape index (κ2) is 7.64. The number of nitrogens with zero attached hydrogens (tertiary/aromatic N) is 1. The second-order valence-corrected chi connectivity index (χ2v) is 7.41. The highest BCUT2D eigenvalue weighted by Crippen LogP contribution is 2.32. The van der Waals surface area contributed by atoms with E-state index in [4.69, 9.17) is 16.3 Å². The van der Waals surface area contributed by atoms with Crippen LogP contribution in [0.4, 0.5) is 5.69 Å². The molecule has 0 spiro atoms. The maximum absolute atomic E-state index is 13.1. The number of rotatable bonds is 5. The van der Waals surface area contributed by atoms with Crippen LogP contribution in [0.25, 0.3) is 0 Å². The van der Waals surface area contributed by atoms with Crippen LogP contribution < -0.4 is 10.1 Å². The Balaban J connectivity index is 1.94. The predicted octanol–water partition coefficient (Wildman–Crippen LogP) is 3.92. The van der Waals surface area contributed by atoms with Crippen LogP contribution in [0.2, 0.25) is 5.02 Å². The molecule has 1 aliphatic heterocycles. The molecule has 1 atom stereocenters. The Morgan fingerprint density at radius 1 is 1.11 bits per heavy atom. The molecule has 0 unspecified atom stereocenters. The zero-order chi connectivity index (χ0) is 20.6. The fourth-order valence-corrected chi connectivity index (χ4v) is 3.47. The number of amides is 3. The third-order valence-corrected chi connectivity index (χ3v) is 5.15. The fourth-order valence-electron chi connectivity index (χ4n) is 3.32. The number of nitrogens with one attached hydrogen (secondary N) is 1. The minimum atomic E-state index is -0.965. The van der Waals surface area contributed by atoms with Gasteiger partial charge in [0, 0.05) is 11.1 Å². The van der Waals surface area contributed by atoms with Crippen molar-refractivity contribution >= 4 is 35.0 Å². The van der Waals surface area contributed by atoms with Crippen LogP contribution in [0.15, 0.2) is 36.4 Å². The molecule has 7 heteroatoms. The maximum atomic E-state index is 13.1. The minimum Gasteiger partial charge on any atom is -0.495 e. The first-order valence-electron chi connectivity index (χ1n) is 8.88. The van der Waals surface area contributed by atoms with Crippen LogP contribution in [-0.4, -0.2) is 35.8 Å². The standard InChI is InChI=1S/C21H21ClN2O4/c1-11(2)18(24-20(26)13-7-5-6-8-14(13)21(24)27)19(25)23-16-9-12(3)15(22)10-17(16)28-4/h5-11,18H,1-4H3,(H,23,25)/t18-/m0/s1. The molecule has 0 fully saturated rings. The van der Waals surface area contributed by atoms with Gasteiger partial charge in [-0.2, -0.15) is 0 Å². The number of carbonyl (C=O) groups excluding carboxylic acids is 3. The van der Waals surface area contributed by atoms with Crippen LogP contribution in [0.5, 0.6) is 5.75 Å². The number of carbonyl (C=O) groups is 3. The molecule has 0 aromatic heterocycles. The van der Waals surface area contributed by atoms with Crippen LogP contribution in [0.3, 0.4) is 0 Å². The minimum absolute atomic E-state index is 0.290. The molecule has 146 valence electrons. The van der Waals surface area contributed by atoms with E-state index in [0.29, 0.717) is 27.6 Å². The lowest BCUT2D eigenvalue weighted by Crippen LogP contribution is -2.50. The fraction of sp³-hybridized carbons (Fsp3) is 0.286. The summed E-state index contributed by atoms with van der Waals surface area (Å²) in [5.41, 5.74) is 1.81. The van der Waals surface area contributed by atoms with E-state index in [1.54, 1.807) is 50.2 Å². The van der Waals surface area contributed by atoms with Gasteiger partial charge in [-0.05, 0) is 36.6 Å². The molecule has 0 saturated heterocycles. The van der Waals surface area contributed by atoms with Crippen molar-refractivity contribution in [3.63, 3.8) is 0 Å². The number of hydrogen-bond donors (Lipinski definition) is 1. The Hall–Kier alpha value is -2.86. The Kier molecular flexibility index (Phi) is 5.42. The van der Waals surface area contributed by atoms with E-state index in [2.05, 4.69) is 5.32 Å². The molecule has 1 heterocycles. The predicted molar refractivity (Wildman–Crippen MR) is 107 cm³/mol. The highest BCUT2D eigenvalue weighted by Gasteiger charge is 2.44. The highest BCUT2D eigenvalue weighted by molar-refractivity contribution is 6.31. The Morgan fingerprint density at radius 2 is 1.68 bits per heavy atom. The molecule has 2 aromatic rings. The number of imide groups is 1. The zero-order valence-corrected chi connectivity index (χ0v) is 16.8. The van der Waals surface area contributed by atoms with Crippen molar-refractivity contribution in [1.29, 1.82) is 0 Å². The number of benzene rings is 2. The highest BCUT2D eigenvalue weighted by atomic mass is 35.5. The number of hydrogen-bond acceptors (Lipinski definition) is 4. The summed E-state index contributed by atoms with van der Waals surface area (Å²) < 4.78 is 5.29. The molecule has 28 heavy (non-hydrogen) atoms. The molecule has 0 radical (unpaired) electrons. The van der Waals surface area contributed by atoms with Gasteiger partial charge in [0.25, 0.3) is 11.8 Å². The number of methoxy groups -OCH3 is 1. The van der Waals surface area contributed by atoms with Gasteiger partial charge < -0.3 is 10.1 Å². The molecule has 3 rings (SSSR count). The molecule has 2 aromatic carbocycles. The first-order valence-corrected chi connectivity index (χ1v) is 9.26. The number of fused-ring (bicyclic) bond motifs is 1. The van der Waals surface area contributed by atoms with E-state index in [1.165, 1.54) is 7.11 Å². The van der Waals surface area contributed by atoms with Crippen LogP contribution in [0.1, 0.15) is 40.1 Å². The van der Waals surface area contributed by atoms with Gasteiger partial charge in [0.05, 0.1) is 23.9 Å². The summed E-state index contributed by atoms with van der Waals surface area (Å²) >= 11 is 6.12. The Bertz CT molecular complexity index is 936. The third kappa shape index (κ3) is 3.36. The van der Waals surface area contributed by atoms with E-state index in [-0.39, 0.29) is 5.92 Å². The summed E-state index contributed by atoms with van der Waals surface area (Å²) in [6, 6.07) is 8.91. The van der Waals surface area contributed by atoms with Gasteiger partial charge in [0.2, 0.25) is 5.91 Å². The molecule has 0 bridgehead atoms. The van der Waals surface area contributed by atoms with Gasteiger partial charge in [-0.25, -0.2) is 0 Å². The van der Waals surface area contributed by atoms with Crippen LogP contribution in [0, 0.1) is 12.8 Å². The van der Waals surface area contributed by atoms with Gasteiger partial charge in [-0.3, -0.25) is 19.3 Å². The SMILES string of the molecule is COc1cc(Cl)c(C)cc1NC(=O)[C@H](C(C)C)N1C(=O)c2ccccc2C1=O. The van der Waals surface area contributed by atoms with E-state index >= 15 is 0 Å². The summed E-state index contributed by atoms with van der Waals surface area (Å²) in [4.78, 5) is 39.8. The Labute approximate surface area is 168 Å². The summed E-state index contributed by atoms with van der Waals surface area (Å²) in [6.07, 6.45) is 0. The van der Waals surface area contributed by atoms with Crippen LogP contribution in [-0.2, 0) is 4.79 Å². The summed E-state index contributed by atoms with van der Waals surface area (Å²) in [5.74, 6) is -1.29. The molecule has 1 aliphatic rings. The van der Waals surface area contributed by atoms with Crippen molar-refractivity contribution in [3.05, 3.63) is 58.1 Å². The average molecular weight is 401 g/mol. The first-order chi connectivity index (χ1) is 13.3. The molecule has 3 amide bonds. The van der Waals surface area contributed by atoms with Gasteiger partial charge in [0.1, 0.15) is 11.8 Å². The molecular weight excluding hydrogens is 380 g/mol. The van der Waals surface area contributed by atoms with Crippen molar-refractivity contribution in [2.24, 2.45) is 5.92 Å². The lowest BCUT2D eigenvalue weighted by atomic mass is 10.0. The smallest absolute Gasteiger partial charge is 0.262 e. The summed E-state index contributed by atoms with van der Waals surface area (Å²) in [5, 5.41) is 3.30. The Morgan fingerprint density at radius 3 is 2.18 bits per heavy atom. The van der Waals surface area contributed by atoms with Gasteiger partial charge in [-0.15, -0.1) is 0 Å². The summed E-state index contributed by atoms with van der Waals surface area (Å²) in [7, 11) is 1.47. The van der Waals surface area contributed by atoms with Gasteiger partial charge in [0.15, 0.2) is 0 Å². The van der Waals surface area contributed by atoms with Crippen molar-refractivity contribution in [3.8, 4) is 5.75 Å².